The van der Waals surface area contributed by atoms with Crippen LogP contribution in [0.25, 0.3) is 0 Å². The van der Waals surface area contributed by atoms with Crippen LogP contribution in [0.1, 0.15) is 0 Å². The van der Waals surface area contributed by atoms with Crippen LogP contribution < -0.4 is 0 Å². The summed E-state index contributed by atoms with van der Waals surface area (Å²) >= 11 is 0. The van der Waals surface area contributed by atoms with E-state index >= 15 is 0 Å². The number of rotatable bonds is 1. The zero-order valence-corrected chi connectivity index (χ0v) is 3.68. The minimum absolute atomic E-state index is 0. The molecule has 0 aromatic heterocycles. The summed E-state index contributed by atoms with van der Waals surface area (Å²) in [6, 6.07) is 0. The number of alkyl halides is 1. The van der Waals surface area contributed by atoms with Gasteiger partial charge in [0.05, 0.1) is 0 Å². The zero-order chi connectivity index (χ0) is 4.28. The monoisotopic (exact) mass is 141 g/mol. The fraction of sp³-hybridized carbons (Fsp3) is 0.500. The first kappa shape index (κ1) is 9.33. The SMILES string of the molecule is O=C(O)CF.[Cu]. The van der Waals surface area contributed by atoms with Crippen molar-refractivity contribution in [2.45, 2.75) is 0 Å². The van der Waals surface area contributed by atoms with Gasteiger partial charge in [0, 0.05) is 17.1 Å². The van der Waals surface area contributed by atoms with Crippen LogP contribution in [-0.2, 0) is 21.9 Å². The summed E-state index contributed by atoms with van der Waals surface area (Å²) in [5, 5.41) is 7.35. The molecule has 0 amide bonds. The predicted molar refractivity (Wildman–Crippen MR) is 13.6 cm³/mol. The van der Waals surface area contributed by atoms with Gasteiger partial charge in [-0.05, 0) is 0 Å². The van der Waals surface area contributed by atoms with Crippen molar-refractivity contribution >= 4 is 5.97 Å². The van der Waals surface area contributed by atoms with Gasteiger partial charge in [0.15, 0.2) is 6.67 Å². The maximum absolute atomic E-state index is 10.5. The van der Waals surface area contributed by atoms with E-state index in [0.29, 0.717) is 0 Å². The van der Waals surface area contributed by atoms with Crippen LogP contribution in [0.2, 0.25) is 0 Å². The van der Waals surface area contributed by atoms with E-state index in [1.54, 1.807) is 0 Å². The molecule has 0 aromatic carbocycles. The third-order valence-corrected chi connectivity index (χ3v) is 0.114. The second-order valence-corrected chi connectivity index (χ2v) is 0.527. The van der Waals surface area contributed by atoms with E-state index in [4.69, 9.17) is 9.90 Å². The minimum Gasteiger partial charge on any atom is -0.479 e. The van der Waals surface area contributed by atoms with Crippen molar-refractivity contribution in [2.75, 3.05) is 6.67 Å². The van der Waals surface area contributed by atoms with Gasteiger partial charge in [0.1, 0.15) is 0 Å². The Morgan fingerprint density at radius 3 is 2.00 bits per heavy atom. The average molecular weight is 142 g/mol. The van der Waals surface area contributed by atoms with Crippen molar-refractivity contribution in [3.05, 3.63) is 0 Å². The summed E-state index contributed by atoms with van der Waals surface area (Å²) in [4.78, 5) is 8.99. The molecular formula is C2H3CuFO2. The fourth-order valence-corrected chi connectivity index (χ4v) is 0. The summed E-state index contributed by atoms with van der Waals surface area (Å²) in [5.74, 6) is -1.41. The largest absolute Gasteiger partial charge is 0.479 e. The smallest absolute Gasteiger partial charge is 0.335 e. The summed E-state index contributed by atoms with van der Waals surface area (Å²) < 4.78 is 10.5. The van der Waals surface area contributed by atoms with E-state index in [1.165, 1.54) is 0 Å². The van der Waals surface area contributed by atoms with Crippen molar-refractivity contribution in [1.29, 1.82) is 0 Å². The Labute approximate surface area is 44.8 Å². The quantitative estimate of drug-likeness (QED) is 0.524. The summed E-state index contributed by atoms with van der Waals surface area (Å²) in [6.45, 7) is -1.28. The molecule has 0 saturated carbocycles. The first-order valence-corrected chi connectivity index (χ1v) is 1.05. The first-order valence-electron chi connectivity index (χ1n) is 1.05. The fourth-order valence-electron chi connectivity index (χ4n) is 0. The number of carboxylic acid groups (broad SMARTS) is 1. The van der Waals surface area contributed by atoms with Gasteiger partial charge in [-0.2, -0.15) is 0 Å². The maximum atomic E-state index is 10.5. The van der Waals surface area contributed by atoms with Gasteiger partial charge in [0.2, 0.25) is 0 Å². The van der Waals surface area contributed by atoms with E-state index in [-0.39, 0.29) is 17.1 Å². The molecule has 6 heavy (non-hydrogen) atoms. The third-order valence-electron chi connectivity index (χ3n) is 0.114. The molecule has 0 saturated heterocycles. The Balaban J connectivity index is 0. The van der Waals surface area contributed by atoms with Crippen molar-refractivity contribution in [1.82, 2.24) is 0 Å². The van der Waals surface area contributed by atoms with E-state index in [9.17, 15) is 4.39 Å². The molecule has 0 aliphatic carbocycles. The van der Waals surface area contributed by atoms with Gasteiger partial charge < -0.3 is 5.11 Å². The van der Waals surface area contributed by atoms with Crippen LogP contribution in [0, 0.1) is 0 Å². The number of carboxylic acids is 1. The van der Waals surface area contributed by atoms with E-state index < -0.39 is 12.6 Å². The number of carbonyl (C=O) groups is 1. The molecule has 0 spiro atoms. The molecule has 0 unspecified atom stereocenters. The van der Waals surface area contributed by atoms with Crippen LogP contribution >= 0.6 is 0 Å². The molecule has 4 heteroatoms. The van der Waals surface area contributed by atoms with E-state index in [1.807, 2.05) is 0 Å². The van der Waals surface area contributed by atoms with Gasteiger partial charge in [-0.15, -0.1) is 0 Å². The molecular weight excluding hydrogens is 139 g/mol. The van der Waals surface area contributed by atoms with Gasteiger partial charge in [0.25, 0.3) is 0 Å². The Kier molecular flexibility index (Phi) is 7.65. The topological polar surface area (TPSA) is 37.3 Å². The van der Waals surface area contributed by atoms with Crippen molar-refractivity contribution in [3.63, 3.8) is 0 Å². The standard InChI is InChI=1S/C2H3FO2.Cu/c3-1-2(4)5;/h1H2,(H,4,5);. The Morgan fingerprint density at radius 1 is 1.83 bits per heavy atom. The van der Waals surface area contributed by atoms with Crippen molar-refractivity contribution in [3.8, 4) is 0 Å². The molecule has 2 nitrogen and oxygen atoms in total. The molecule has 0 fully saturated rings. The second kappa shape index (κ2) is 4.92. The Hall–Kier alpha value is -0.0805. The number of hydrogen-bond acceptors (Lipinski definition) is 1. The van der Waals surface area contributed by atoms with Gasteiger partial charge >= 0.3 is 5.97 Å². The molecule has 1 N–H and O–H groups in total. The molecule has 41 valence electrons. The molecule has 0 heterocycles. The summed E-state index contributed by atoms with van der Waals surface area (Å²) in [5.41, 5.74) is 0. The number of hydrogen-bond donors (Lipinski definition) is 1. The second-order valence-electron chi connectivity index (χ2n) is 0.527. The van der Waals surface area contributed by atoms with E-state index in [2.05, 4.69) is 0 Å². The minimum atomic E-state index is -1.41. The molecule has 0 bridgehead atoms. The first-order chi connectivity index (χ1) is 2.27. The third kappa shape index (κ3) is 9.07. The predicted octanol–water partition coefficient (Wildman–Crippen LogP) is 0.0380. The molecule has 0 rings (SSSR count). The molecule has 0 atom stereocenters. The van der Waals surface area contributed by atoms with Crippen molar-refractivity contribution < 1.29 is 31.4 Å². The van der Waals surface area contributed by atoms with Crippen LogP contribution in [0.4, 0.5) is 4.39 Å². The molecule has 0 aliphatic rings. The zero-order valence-electron chi connectivity index (χ0n) is 2.74. The van der Waals surface area contributed by atoms with Gasteiger partial charge in [-0.25, -0.2) is 9.18 Å². The average Bonchev–Trinajstić information content (AvgIpc) is 1.38. The maximum Gasteiger partial charge on any atom is 0.335 e. The summed E-state index contributed by atoms with van der Waals surface area (Å²) in [7, 11) is 0. The van der Waals surface area contributed by atoms with Crippen LogP contribution in [-0.4, -0.2) is 17.8 Å². The summed E-state index contributed by atoms with van der Waals surface area (Å²) in [6.07, 6.45) is 0. The Bertz CT molecular complexity index is 46.8. The van der Waals surface area contributed by atoms with Crippen molar-refractivity contribution in [2.24, 2.45) is 0 Å². The molecule has 0 aliphatic heterocycles. The normalized spacial score (nSPS) is 6.17. The van der Waals surface area contributed by atoms with E-state index in [0.717, 1.165) is 0 Å². The number of halogens is 1. The molecule has 1 radical (unpaired) electrons. The van der Waals surface area contributed by atoms with Crippen LogP contribution in [0.3, 0.4) is 0 Å². The van der Waals surface area contributed by atoms with Gasteiger partial charge in [-0.1, -0.05) is 0 Å². The number of aliphatic carboxylic acids is 1. The molecule has 0 aromatic rings. The Morgan fingerprint density at radius 2 is 2.00 bits per heavy atom. The van der Waals surface area contributed by atoms with Crippen LogP contribution in [0.15, 0.2) is 0 Å². The van der Waals surface area contributed by atoms with Gasteiger partial charge in [-0.3, -0.25) is 0 Å². The van der Waals surface area contributed by atoms with Crippen LogP contribution in [0.5, 0.6) is 0 Å².